The Bertz CT molecular complexity index is 583. The fourth-order valence-corrected chi connectivity index (χ4v) is 2.24. The lowest BCUT2D eigenvalue weighted by Crippen LogP contribution is -2.28. The van der Waals surface area contributed by atoms with Crippen LogP contribution in [-0.2, 0) is 13.6 Å². The fourth-order valence-electron chi connectivity index (χ4n) is 1.99. The number of nitrogens with zero attached hydrogens (tertiary/aromatic N) is 2. The van der Waals surface area contributed by atoms with Crippen molar-refractivity contribution in [2.45, 2.75) is 13.0 Å². The number of rotatable bonds is 7. The van der Waals surface area contributed by atoms with Crippen molar-refractivity contribution in [3.8, 4) is 0 Å². The zero-order valence-corrected chi connectivity index (χ0v) is 12.7. The number of carbonyl (C=O) groups is 1. The highest BCUT2D eigenvalue weighted by Crippen LogP contribution is 2.12. The highest BCUT2D eigenvalue weighted by Gasteiger charge is 2.09. The molecule has 0 unspecified atom stereocenters. The molecular weight excluding hydrogens is 288 g/mol. The SMILES string of the molecule is Cn1cc(Cl)cc1C(=O)NCCCNCc1cccnc1. The van der Waals surface area contributed by atoms with Gasteiger partial charge in [0.25, 0.3) is 5.91 Å². The predicted molar refractivity (Wildman–Crippen MR) is 83.3 cm³/mol. The van der Waals surface area contributed by atoms with Crippen LogP contribution >= 0.6 is 11.6 Å². The van der Waals surface area contributed by atoms with E-state index in [1.54, 1.807) is 30.1 Å². The molecule has 0 atom stereocenters. The van der Waals surface area contributed by atoms with Crippen molar-refractivity contribution in [3.63, 3.8) is 0 Å². The molecule has 0 bridgehead atoms. The van der Waals surface area contributed by atoms with Crippen LogP contribution < -0.4 is 10.6 Å². The Morgan fingerprint density at radius 1 is 1.43 bits per heavy atom. The van der Waals surface area contributed by atoms with E-state index in [1.165, 1.54) is 0 Å². The summed E-state index contributed by atoms with van der Waals surface area (Å²) in [5.74, 6) is -0.100. The summed E-state index contributed by atoms with van der Waals surface area (Å²) in [5.41, 5.74) is 1.73. The number of aryl methyl sites for hydroxylation is 1. The lowest BCUT2D eigenvalue weighted by molar-refractivity contribution is 0.0945. The van der Waals surface area contributed by atoms with Gasteiger partial charge < -0.3 is 15.2 Å². The lowest BCUT2D eigenvalue weighted by Gasteiger charge is -2.07. The molecule has 0 aliphatic rings. The van der Waals surface area contributed by atoms with Crippen molar-refractivity contribution in [1.29, 1.82) is 0 Å². The molecule has 21 heavy (non-hydrogen) atoms. The smallest absolute Gasteiger partial charge is 0.267 e. The topological polar surface area (TPSA) is 59.0 Å². The molecule has 0 fully saturated rings. The van der Waals surface area contributed by atoms with E-state index in [0.29, 0.717) is 17.3 Å². The number of halogens is 1. The Labute approximate surface area is 129 Å². The summed E-state index contributed by atoms with van der Waals surface area (Å²) in [6.45, 7) is 2.25. The van der Waals surface area contributed by atoms with Crippen LogP contribution in [0.3, 0.4) is 0 Å². The van der Waals surface area contributed by atoms with Crippen LogP contribution in [0.4, 0.5) is 0 Å². The summed E-state index contributed by atoms with van der Waals surface area (Å²) in [4.78, 5) is 16.0. The Balaban J connectivity index is 1.62. The molecule has 6 heteroatoms. The minimum absolute atomic E-state index is 0.100. The van der Waals surface area contributed by atoms with Gasteiger partial charge in [0.2, 0.25) is 0 Å². The highest BCUT2D eigenvalue weighted by molar-refractivity contribution is 6.31. The molecule has 2 N–H and O–H groups in total. The molecule has 2 aromatic rings. The summed E-state index contributed by atoms with van der Waals surface area (Å²) in [7, 11) is 1.80. The predicted octanol–water partition coefficient (Wildman–Crippen LogP) is 1.98. The molecule has 112 valence electrons. The van der Waals surface area contributed by atoms with Crippen LogP contribution in [0.15, 0.2) is 36.8 Å². The maximum atomic E-state index is 11.9. The molecule has 1 amide bonds. The van der Waals surface area contributed by atoms with Crippen molar-refractivity contribution < 1.29 is 4.79 Å². The second kappa shape index (κ2) is 7.81. The Kier molecular flexibility index (Phi) is 5.78. The van der Waals surface area contributed by atoms with Crippen molar-refractivity contribution in [2.24, 2.45) is 7.05 Å². The summed E-state index contributed by atoms with van der Waals surface area (Å²) in [5, 5.41) is 6.76. The summed E-state index contributed by atoms with van der Waals surface area (Å²) in [6.07, 6.45) is 6.18. The van der Waals surface area contributed by atoms with Gasteiger partial charge in [-0.15, -0.1) is 0 Å². The largest absolute Gasteiger partial charge is 0.351 e. The normalized spacial score (nSPS) is 10.6. The molecule has 2 aromatic heterocycles. The summed E-state index contributed by atoms with van der Waals surface area (Å²) < 4.78 is 1.72. The van der Waals surface area contributed by atoms with E-state index in [4.69, 9.17) is 11.6 Å². The second-order valence-corrected chi connectivity index (χ2v) is 5.24. The van der Waals surface area contributed by atoms with E-state index < -0.39 is 0 Å². The van der Waals surface area contributed by atoms with Crippen LogP contribution in [0.25, 0.3) is 0 Å². The van der Waals surface area contributed by atoms with E-state index in [0.717, 1.165) is 25.1 Å². The average Bonchev–Trinajstić information content (AvgIpc) is 2.82. The third-order valence-electron chi connectivity index (χ3n) is 3.07. The van der Waals surface area contributed by atoms with Crippen LogP contribution in [0, 0.1) is 0 Å². The van der Waals surface area contributed by atoms with E-state index in [9.17, 15) is 4.79 Å². The molecule has 0 aliphatic heterocycles. The average molecular weight is 307 g/mol. The van der Waals surface area contributed by atoms with Crippen LogP contribution in [-0.4, -0.2) is 28.5 Å². The van der Waals surface area contributed by atoms with Gasteiger partial charge in [0.05, 0.1) is 5.02 Å². The minimum Gasteiger partial charge on any atom is -0.351 e. The number of aromatic nitrogens is 2. The highest BCUT2D eigenvalue weighted by atomic mass is 35.5. The summed E-state index contributed by atoms with van der Waals surface area (Å²) in [6, 6.07) is 5.61. The maximum Gasteiger partial charge on any atom is 0.267 e. The van der Waals surface area contributed by atoms with Crippen LogP contribution in [0.1, 0.15) is 22.5 Å². The van der Waals surface area contributed by atoms with E-state index >= 15 is 0 Å². The van der Waals surface area contributed by atoms with E-state index in [-0.39, 0.29) is 5.91 Å². The third-order valence-corrected chi connectivity index (χ3v) is 3.28. The van der Waals surface area contributed by atoms with Gasteiger partial charge in [-0.05, 0) is 30.7 Å². The molecular formula is C15H19ClN4O. The minimum atomic E-state index is -0.100. The number of hydrogen-bond donors (Lipinski definition) is 2. The number of carbonyl (C=O) groups excluding carboxylic acids is 1. The first-order valence-electron chi connectivity index (χ1n) is 6.86. The van der Waals surface area contributed by atoms with Crippen molar-refractivity contribution in [3.05, 3.63) is 53.1 Å². The van der Waals surface area contributed by atoms with Crippen LogP contribution in [0.5, 0.6) is 0 Å². The van der Waals surface area contributed by atoms with E-state index in [1.807, 2.05) is 18.3 Å². The van der Waals surface area contributed by atoms with Gasteiger partial charge in [0, 0.05) is 38.7 Å². The second-order valence-electron chi connectivity index (χ2n) is 4.80. The van der Waals surface area contributed by atoms with E-state index in [2.05, 4.69) is 15.6 Å². The van der Waals surface area contributed by atoms with Gasteiger partial charge in [-0.3, -0.25) is 9.78 Å². The van der Waals surface area contributed by atoms with Gasteiger partial charge >= 0.3 is 0 Å². The number of amides is 1. The first-order chi connectivity index (χ1) is 10.2. The van der Waals surface area contributed by atoms with Gasteiger partial charge in [-0.2, -0.15) is 0 Å². The van der Waals surface area contributed by atoms with Gasteiger partial charge in [-0.1, -0.05) is 17.7 Å². The van der Waals surface area contributed by atoms with Crippen molar-refractivity contribution in [1.82, 2.24) is 20.2 Å². The Morgan fingerprint density at radius 3 is 2.95 bits per heavy atom. The first kappa shape index (κ1) is 15.5. The lowest BCUT2D eigenvalue weighted by atomic mass is 10.3. The third kappa shape index (κ3) is 4.88. The molecule has 2 rings (SSSR count). The monoisotopic (exact) mass is 306 g/mol. The molecule has 0 saturated carbocycles. The molecule has 2 heterocycles. The zero-order valence-electron chi connectivity index (χ0n) is 12.0. The molecule has 0 radical (unpaired) electrons. The maximum absolute atomic E-state index is 11.9. The molecule has 0 aromatic carbocycles. The standard InChI is InChI=1S/C15H19ClN4O/c1-20-11-13(16)8-14(20)15(21)19-7-3-6-18-10-12-4-2-5-17-9-12/h2,4-5,8-9,11,18H,3,6-7,10H2,1H3,(H,19,21). The van der Waals surface area contributed by atoms with Crippen molar-refractivity contribution >= 4 is 17.5 Å². The molecule has 0 saturated heterocycles. The Morgan fingerprint density at radius 2 is 2.29 bits per heavy atom. The molecule has 0 aliphatic carbocycles. The number of hydrogen-bond acceptors (Lipinski definition) is 3. The quantitative estimate of drug-likeness (QED) is 0.769. The van der Waals surface area contributed by atoms with Crippen LogP contribution in [0.2, 0.25) is 5.02 Å². The van der Waals surface area contributed by atoms with Gasteiger partial charge in [0.15, 0.2) is 0 Å². The fraction of sp³-hybridized carbons (Fsp3) is 0.333. The first-order valence-corrected chi connectivity index (χ1v) is 7.24. The molecule has 5 nitrogen and oxygen atoms in total. The summed E-state index contributed by atoms with van der Waals surface area (Å²) >= 11 is 5.85. The van der Waals surface area contributed by atoms with Gasteiger partial charge in [0.1, 0.15) is 5.69 Å². The van der Waals surface area contributed by atoms with Crippen molar-refractivity contribution in [2.75, 3.05) is 13.1 Å². The molecule has 0 spiro atoms. The number of nitrogens with one attached hydrogen (secondary N) is 2. The number of pyridine rings is 1. The zero-order chi connectivity index (χ0) is 15.1. The van der Waals surface area contributed by atoms with Gasteiger partial charge in [-0.25, -0.2) is 0 Å². The Hall–Kier alpha value is -1.85.